The van der Waals surface area contributed by atoms with Crippen LogP contribution in [0.3, 0.4) is 0 Å². The summed E-state index contributed by atoms with van der Waals surface area (Å²) in [5, 5.41) is 3.28. The minimum atomic E-state index is -0.433. The minimum Gasteiger partial charge on any atom is -0.493 e. The van der Waals surface area contributed by atoms with Crippen molar-refractivity contribution in [3.05, 3.63) is 23.3 Å². The van der Waals surface area contributed by atoms with Crippen molar-refractivity contribution < 1.29 is 19.0 Å². The molecule has 1 heterocycles. The third-order valence-corrected chi connectivity index (χ3v) is 3.94. The Morgan fingerprint density at radius 1 is 1.23 bits per heavy atom. The van der Waals surface area contributed by atoms with Crippen LogP contribution in [0, 0.1) is 0 Å². The number of fused-ring (bicyclic) bond motifs is 1. The number of nitrogens with zero attached hydrogens (tertiary/aromatic N) is 1. The standard InChI is InChI=1S/C16H24N2O4/c1-5-18(6-2)10-9-17-15-11-7-8-12(20-3)14(21-4)13(11)16(19)22-15/h7-8,15,17H,5-6,9-10H2,1-4H3/t15-/m1/s1. The molecule has 1 atom stereocenters. The molecule has 0 aromatic heterocycles. The second kappa shape index (κ2) is 7.47. The summed E-state index contributed by atoms with van der Waals surface area (Å²) in [5.41, 5.74) is 1.24. The molecular weight excluding hydrogens is 284 g/mol. The highest BCUT2D eigenvalue weighted by Crippen LogP contribution is 2.40. The molecule has 22 heavy (non-hydrogen) atoms. The summed E-state index contributed by atoms with van der Waals surface area (Å²) in [4.78, 5) is 14.4. The maximum atomic E-state index is 12.1. The molecule has 0 unspecified atom stereocenters. The number of cyclic esters (lactones) is 1. The largest absolute Gasteiger partial charge is 0.493 e. The van der Waals surface area contributed by atoms with E-state index in [1.165, 1.54) is 7.11 Å². The SMILES string of the molecule is CCN(CC)CCN[C@@H]1OC(=O)c2c1ccc(OC)c2OC. The monoisotopic (exact) mass is 308 g/mol. The van der Waals surface area contributed by atoms with E-state index in [0.717, 1.165) is 31.7 Å². The van der Waals surface area contributed by atoms with Crippen molar-refractivity contribution in [2.45, 2.75) is 20.1 Å². The molecule has 0 spiro atoms. The van der Waals surface area contributed by atoms with E-state index in [1.807, 2.05) is 6.07 Å². The maximum absolute atomic E-state index is 12.1. The van der Waals surface area contributed by atoms with E-state index in [4.69, 9.17) is 14.2 Å². The van der Waals surface area contributed by atoms with Gasteiger partial charge in [0.1, 0.15) is 5.56 Å². The van der Waals surface area contributed by atoms with E-state index in [9.17, 15) is 4.79 Å². The van der Waals surface area contributed by atoms with E-state index in [2.05, 4.69) is 24.1 Å². The Kier molecular flexibility index (Phi) is 5.63. The third-order valence-electron chi connectivity index (χ3n) is 3.94. The average molecular weight is 308 g/mol. The van der Waals surface area contributed by atoms with Gasteiger partial charge in [0, 0.05) is 18.7 Å². The lowest BCUT2D eigenvalue weighted by Gasteiger charge is -2.20. The summed E-state index contributed by atoms with van der Waals surface area (Å²) in [6.07, 6.45) is -0.433. The number of rotatable bonds is 8. The van der Waals surface area contributed by atoms with Crippen LogP contribution in [0.25, 0.3) is 0 Å². The normalized spacial score (nSPS) is 16.6. The lowest BCUT2D eigenvalue weighted by Crippen LogP contribution is -2.33. The van der Waals surface area contributed by atoms with Gasteiger partial charge in [0.2, 0.25) is 0 Å². The first-order valence-electron chi connectivity index (χ1n) is 7.57. The molecule has 6 heteroatoms. The Bertz CT molecular complexity index is 529. The van der Waals surface area contributed by atoms with Crippen LogP contribution < -0.4 is 14.8 Å². The first-order valence-corrected chi connectivity index (χ1v) is 7.57. The van der Waals surface area contributed by atoms with Crippen LogP contribution >= 0.6 is 0 Å². The van der Waals surface area contributed by atoms with Crippen molar-refractivity contribution in [1.29, 1.82) is 0 Å². The number of hydrogen-bond acceptors (Lipinski definition) is 6. The van der Waals surface area contributed by atoms with E-state index >= 15 is 0 Å². The molecule has 1 N–H and O–H groups in total. The topological polar surface area (TPSA) is 60.0 Å². The molecule has 1 aliphatic rings. The zero-order chi connectivity index (χ0) is 16.1. The van der Waals surface area contributed by atoms with Crippen molar-refractivity contribution in [3.63, 3.8) is 0 Å². The molecule has 0 radical (unpaired) electrons. The number of methoxy groups -OCH3 is 2. The van der Waals surface area contributed by atoms with Gasteiger partial charge in [-0.2, -0.15) is 0 Å². The summed E-state index contributed by atoms with van der Waals surface area (Å²) >= 11 is 0. The predicted molar refractivity (Wildman–Crippen MR) is 83.5 cm³/mol. The number of hydrogen-bond donors (Lipinski definition) is 1. The molecule has 1 aliphatic heterocycles. The Balaban J connectivity index is 2.12. The Hall–Kier alpha value is -1.79. The number of benzene rings is 1. The number of esters is 1. The molecule has 0 fully saturated rings. The zero-order valence-corrected chi connectivity index (χ0v) is 13.6. The number of carbonyl (C=O) groups excluding carboxylic acids is 1. The summed E-state index contributed by atoms with van der Waals surface area (Å²) < 4.78 is 16.0. The number of likely N-dealkylation sites (N-methyl/N-ethyl adjacent to an activating group) is 1. The average Bonchev–Trinajstić information content (AvgIpc) is 2.87. The van der Waals surface area contributed by atoms with Crippen LogP contribution in [0.4, 0.5) is 0 Å². The molecule has 0 aliphatic carbocycles. The van der Waals surface area contributed by atoms with Gasteiger partial charge in [-0.15, -0.1) is 0 Å². The van der Waals surface area contributed by atoms with Crippen LogP contribution in [0.5, 0.6) is 11.5 Å². The first-order chi connectivity index (χ1) is 10.7. The highest BCUT2D eigenvalue weighted by molar-refractivity contribution is 5.98. The molecule has 0 amide bonds. The smallest absolute Gasteiger partial charge is 0.344 e. The molecule has 0 saturated carbocycles. The lowest BCUT2D eigenvalue weighted by molar-refractivity contribution is 0.0302. The molecule has 0 saturated heterocycles. The zero-order valence-electron chi connectivity index (χ0n) is 13.6. The van der Waals surface area contributed by atoms with Crippen molar-refractivity contribution in [1.82, 2.24) is 10.2 Å². The highest BCUT2D eigenvalue weighted by atomic mass is 16.6. The molecule has 122 valence electrons. The van der Waals surface area contributed by atoms with Crippen LogP contribution in [0.1, 0.15) is 36.0 Å². The Morgan fingerprint density at radius 2 is 1.95 bits per heavy atom. The van der Waals surface area contributed by atoms with Crippen molar-refractivity contribution in [3.8, 4) is 11.5 Å². The first kappa shape index (κ1) is 16.6. The highest BCUT2D eigenvalue weighted by Gasteiger charge is 2.35. The quantitative estimate of drug-likeness (QED) is 0.739. The fraction of sp³-hybridized carbons (Fsp3) is 0.562. The summed E-state index contributed by atoms with van der Waals surface area (Å²) in [6, 6.07) is 3.63. The molecular formula is C16H24N2O4. The van der Waals surface area contributed by atoms with E-state index in [0.29, 0.717) is 17.1 Å². The molecule has 6 nitrogen and oxygen atoms in total. The van der Waals surface area contributed by atoms with Crippen molar-refractivity contribution in [2.24, 2.45) is 0 Å². The second-order valence-corrected chi connectivity index (χ2v) is 5.03. The van der Waals surface area contributed by atoms with Crippen LogP contribution in [0.2, 0.25) is 0 Å². The second-order valence-electron chi connectivity index (χ2n) is 5.03. The third kappa shape index (κ3) is 3.18. The predicted octanol–water partition coefficient (Wildman–Crippen LogP) is 1.80. The van der Waals surface area contributed by atoms with Crippen molar-refractivity contribution in [2.75, 3.05) is 40.4 Å². The van der Waals surface area contributed by atoms with E-state index in [1.54, 1.807) is 13.2 Å². The lowest BCUT2D eigenvalue weighted by atomic mass is 10.1. The van der Waals surface area contributed by atoms with Gasteiger partial charge in [-0.25, -0.2) is 4.79 Å². The molecule has 1 aromatic rings. The van der Waals surface area contributed by atoms with Gasteiger partial charge < -0.3 is 19.1 Å². The van der Waals surface area contributed by atoms with Crippen molar-refractivity contribution >= 4 is 5.97 Å². The van der Waals surface area contributed by atoms with Gasteiger partial charge in [-0.3, -0.25) is 5.32 Å². The van der Waals surface area contributed by atoms with Gasteiger partial charge in [0.25, 0.3) is 0 Å². The molecule has 1 aromatic carbocycles. The van der Waals surface area contributed by atoms with Gasteiger partial charge in [0.15, 0.2) is 17.7 Å². The number of carbonyl (C=O) groups is 1. The van der Waals surface area contributed by atoms with Gasteiger partial charge in [-0.05, 0) is 25.2 Å². The number of ether oxygens (including phenoxy) is 3. The van der Waals surface area contributed by atoms with Crippen LogP contribution in [-0.2, 0) is 4.74 Å². The van der Waals surface area contributed by atoms with Crippen LogP contribution in [-0.4, -0.2) is 51.3 Å². The summed E-state index contributed by atoms with van der Waals surface area (Å²) in [5.74, 6) is 0.575. The fourth-order valence-electron chi connectivity index (χ4n) is 2.65. The maximum Gasteiger partial charge on any atom is 0.344 e. The van der Waals surface area contributed by atoms with Gasteiger partial charge in [-0.1, -0.05) is 13.8 Å². The number of nitrogens with one attached hydrogen (secondary N) is 1. The minimum absolute atomic E-state index is 0.383. The summed E-state index contributed by atoms with van der Waals surface area (Å²) in [7, 11) is 3.07. The Labute approximate surface area is 131 Å². The van der Waals surface area contributed by atoms with Gasteiger partial charge >= 0.3 is 5.97 Å². The van der Waals surface area contributed by atoms with Gasteiger partial charge in [0.05, 0.1) is 14.2 Å². The van der Waals surface area contributed by atoms with E-state index in [-0.39, 0.29) is 5.97 Å². The summed E-state index contributed by atoms with van der Waals surface area (Å²) in [6.45, 7) is 7.92. The molecule has 2 rings (SSSR count). The fourth-order valence-corrected chi connectivity index (χ4v) is 2.65. The Morgan fingerprint density at radius 3 is 2.55 bits per heavy atom. The van der Waals surface area contributed by atoms with E-state index < -0.39 is 6.23 Å². The molecule has 0 bridgehead atoms. The van der Waals surface area contributed by atoms with Crippen LogP contribution in [0.15, 0.2) is 12.1 Å².